The van der Waals surface area contributed by atoms with Crippen LogP contribution in [-0.2, 0) is 4.79 Å². The highest BCUT2D eigenvalue weighted by atomic mass is 35.5. The monoisotopic (exact) mass is 233 g/mol. The number of halogens is 1. The van der Waals surface area contributed by atoms with E-state index < -0.39 is 5.37 Å². The molecule has 2 amide bonds. The van der Waals surface area contributed by atoms with E-state index in [-0.39, 0.29) is 12.5 Å². The van der Waals surface area contributed by atoms with Gasteiger partial charge < -0.3 is 14.7 Å². The zero-order chi connectivity index (χ0) is 11.4. The Morgan fingerprint density at radius 3 is 2.27 bits per heavy atom. The summed E-state index contributed by atoms with van der Waals surface area (Å²) in [6.45, 7) is 3.26. The molecule has 86 valence electrons. The van der Waals surface area contributed by atoms with Crippen LogP contribution < -0.4 is 0 Å². The van der Waals surface area contributed by atoms with Gasteiger partial charge in [0.25, 0.3) is 0 Å². The molecule has 0 N–H and O–H groups in total. The van der Waals surface area contributed by atoms with Crippen molar-refractivity contribution >= 4 is 22.9 Å². The van der Waals surface area contributed by atoms with E-state index in [0.29, 0.717) is 0 Å². The molecule has 0 aromatic carbocycles. The van der Waals surface area contributed by atoms with Crippen LogP contribution in [0.3, 0.4) is 0 Å². The topological polar surface area (TPSA) is 43.9 Å². The van der Waals surface area contributed by atoms with Crippen molar-refractivity contribution in [3.05, 3.63) is 0 Å². The molecule has 6 heteroatoms. The van der Waals surface area contributed by atoms with Crippen LogP contribution >= 0.6 is 11.6 Å². The van der Waals surface area contributed by atoms with Gasteiger partial charge in [0.15, 0.2) is 0 Å². The molecule has 0 aromatic heterocycles. The molecule has 0 unspecified atom stereocenters. The molecule has 1 aliphatic rings. The van der Waals surface area contributed by atoms with Crippen LogP contribution in [0.2, 0.25) is 0 Å². The lowest BCUT2D eigenvalue weighted by Crippen LogP contribution is -2.49. The zero-order valence-electron chi connectivity index (χ0n) is 9.07. The third kappa shape index (κ3) is 3.68. The molecular formula is C9H16ClN3O2. The lowest BCUT2D eigenvalue weighted by molar-refractivity contribution is -0.133. The molecule has 0 aromatic rings. The number of hydrogen-bond donors (Lipinski definition) is 0. The zero-order valence-corrected chi connectivity index (χ0v) is 9.83. The molecule has 1 fully saturated rings. The van der Waals surface area contributed by atoms with Gasteiger partial charge in [-0.3, -0.25) is 9.59 Å². The summed E-state index contributed by atoms with van der Waals surface area (Å²) in [7, 11) is 3.54. The Kier molecular flexibility index (Phi) is 4.35. The standard InChI is InChI=1S/C9H16ClN3O2/c1-11-3-5-13(6-4-11)8(14)7-12(2)9(10)15/h3-7H2,1-2H3. The van der Waals surface area contributed by atoms with Gasteiger partial charge in [0.1, 0.15) is 6.54 Å². The van der Waals surface area contributed by atoms with Gasteiger partial charge >= 0.3 is 5.37 Å². The quantitative estimate of drug-likeness (QED) is 0.500. The molecule has 1 heterocycles. The number of carbonyl (C=O) groups is 2. The Balaban J connectivity index is 2.37. The Hall–Kier alpha value is -0.810. The highest BCUT2D eigenvalue weighted by Gasteiger charge is 2.20. The van der Waals surface area contributed by atoms with Gasteiger partial charge in [0, 0.05) is 33.2 Å². The Morgan fingerprint density at radius 2 is 1.80 bits per heavy atom. The molecule has 0 spiro atoms. The van der Waals surface area contributed by atoms with E-state index in [2.05, 4.69) is 4.90 Å². The van der Waals surface area contributed by atoms with Crippen molar-refractivity contribution in [1.29, 1.82) is 0 Å². The minimum atomic E-state index is -0.600. The number of carbonyl (C=O) groups excluding carboxylic acids is 2. The van der Waals surface area contributed by atoms with Crippen LogP contribution in [0.1, 0.15) is 0 Å². The van der Waals surface area contributed by atoms with Crippen molar-refractivity contribution in [3.63, 3.8) is 0 Å². The average molecular weight is 234 g/mol. The van der Waals surface area contributed by atoms with E-state index in [9.17, 15) is 9.59 Å². The van der Waals surface area contributed by atoms with Crippen LogP contribution in [0.5, 0.6) is 0 Å². The lowest BCUT2D eigenvalue weighted by atomic mass is 10.3. The van der Waals surface area contributed by atoms with E-state index in [0.717, 1.165) is 26.2 Å². The minimum Gasteiger partial charge on any atom is -0.339 e. The van der Waals surface area contributed by atoms with Gasteiger partial charge in [-0.2, -0.15) is 0 Å². The number of hydrogen-bond acceptors (Lipinski definition) is 3. The SMILES string of the molecule is CN1CCN(C(=O)CN(C)C(=O)Cl)CC1. The second kappa shape index (κ2) is 5.32. The third-order valence-electron chi connectivity index (χ3n) is 2.53. The molecule has 0 saturated carbocycles. The van der Waals surface area contributed by atoms with Gasteiger partial charge in [-0.1, -0.05) is 0 Å². The smallest absolute Gasteiger partial charge is 0.316 e. The molecule has 0 aliphatic carbocycles. The Morgan fingerprint density at radius 1 is 1.27 bits per heavy atom. The van der Waals surface area contributed by atoms with Crippen LogP contribution in [0.25, 0.3) is 0 Å². The maximum absolute atomic E-state index is 11.7. The predicted octanol–water partition coefficient (Wildman–Crippen LogP) is 0.0510. The predicted molar refractivity (Wildman–Crippen MR) is 58.0 cm³/mol. The van der Waals surface area contributed by atoms with Gasteiger partial charge in [0.2, 0.25) is 5.91 Å². The number of rotatable bonds is 2. The normalized spacial score (nSPS) is 17.7. The Bertz CT molecular complexity index is 252. The molecule has 15 heavy (non-hydrogen) atoms. The van der Waals surface area contributed by atoms with Crippen LogP contribution in [-0.4, -0.2) is 72.8 Å². The van der Waals surface area contributed by atoms with Crippen LogP contribution in [0.15, 0.2) is 0 Å². The molecule has 0 radical (unpaired) electrons. The van der Waals surface area contributed by atoms with Crippen molar-refractivity contribution in [3.8, 4) is 0 Å². The maximum Gasteiger partial charge on any atom is 0.316 e. The van der Waals surface area contributed by atoms with Crippen molar-refractivity contribution in [2.45, 2.75) is 0 Å². The van der Waals surface area contributed by atoms with E-state index in [1.54, 1.807) is 4.90 Å². The summed E-state index contributed by atoms with van der Waals surface area (Å²) in [6.07, 6.45) is 0. The van der Waals surface area contributed by atoms with Gasteiger partial charge in [0.05, 0.1) is 0 Å². The summed E-state index contributed by atoms with van der Waals surface area (Å²) >= 11 is 5.24. The number of amides is 2. The van der Waals surface area contributed by atoms with E-state index in [4.69, 9.17) is 11.6 Å². The number of piperazine rings is 1. The second-order valence-corrected chi connectivity index (χ2v) is 4.12. The van der Waals surface area contributed by atoms with E-state index in [1.807, 2.05) is 7.05 Å². The first-order valence-electron chi connectivity index (χ1n) is 4.87. The summed E-state index contributed by atoms with van der Waals surface area (Å²) < 4.78 is 0. The van der Waals surface area contributed by atoms with Crippen molar-refractivity contribution in [2.75, 3.05) is 46.8 Å². The first-order valence-corrected chi connectivity index (χ1v) is 5.25. The first kappa shape index (κ1) is 12.3. The summed E-state index contributed by atoms with van der Waals surface area (Å²) in [4.78, 5) is 27.5. The van der Waals surface area contributed by atoms with Crippen LogP contribution in [0, 0.1) is 0 Å². The highest BCUT2D eigenvalue weighted by Crippen LogP contribution is 2.01. The van der Waals surface area contributed by atoms with Crippen molar-refractivity contribution in [1.82, 2.24) is 14.7 Å². The fraction of sp³-hybridized carbons (Fsp3) is 0.778. The summed E-state index contributed by atoms with van der Waals surface area (Å²) in [6, 6.07) is 0. The molecule has 1 rings (SSSR count). The summed E-state index contributed by atoms with van der Waals surface area (Å²) in [5, 5.41) is -0.600. The number of nitrogens with zero attached hydrogens (tertiary/aromatic N) is 3. The maximum atomic E-state index is 11.7. The molecule has 0 bridgehead atoms. The van der Waals surface area contributed by atoms with Crippen molar-refractivity contribution in [2.24, 2.45) is 0 Å². The first-order chi connectivity index (χ1) is 7.00. The largest absolute Gasteiger partial charge is 0.339 e. The summed E-state index contributed by atoms with van der Waals surface area (Å²) in [5.41, 5.74) is 0. The molecule has 1 saturated heterocycles. The van der Waals surface area contributed by atoms with Gasteiger partial charge in [-0.25, -0.2) is 0 Å². The molecular weight excluding hydrogens is 218 g/mol. The van der Waals surface area contributed by atoms with E-state index >= 15 is 0 Å². The van der Waals surface area contributed by atoms with Gasteiger partial charge in [-0.15, -0.1) is 0 Å². The minimum absolute atomic E-state index is 0.0420. The van der Waals surface area contributed by atoms with Crippen molar-refractivity contribution < 1.29 is 9.59 Å². The number of likely N-dealkylation sites (N-methyl/N-ethyl adjacent to an activating group) is 2. The van der Waals surface area contributed by atoms with Crippen LogP contribution in [0.4, 0.5) is 4.79 Å². The molecule has 5 nitrogen and oxygen atoms in total. The summed E-state index contributed by atoms with van der Waals surface area (Å²) in [5.74, 6) is -0.0420. The average Bonchev–Trinajstić information content (AvgIpc) is 2.18. The fourth-order valence-electron chi connectivity index (χ4n) is 1.42. The second-order valence-electron chi connectivity index (χ2n) is 3.79. The fourth-order valence-corrected chi connectivity index (χ4v) is 1.48. The van der Waals surface area contributed by atoms with E-state index in [1.165, 1.54) is 11.9 Å². The third-order valence-corrected chi connectivity index (χ3v) is 2.82. The molecule has 0 atom stereocenters. The lowest BCUT2D eigenvalue weighted by Gasteiger charge is -2.33. The van der Waals surface area contributed by atoms with Gasteiger partial charge in [-0.05, 0) is 18.6 Å². The Labute approximate surface area is 94.6 Å². The highest BCUT2D eigenvalue weighted by molar-refractivity contribution is 6.62. The molecule has 1 aliphatic heterocycles.